The van der Waals surface area contributed by atoms with E-state index in [0.29, 0.717) is 24.0 Å². The summed E-state index contributed by atoms with van der Waals surface area (Å²) in [4.78, 5) is 0. The molecule has 0 aliphatic carbocycles. The fourth-order valence-corrected chi connectivity index (χ4v) is 5.96. The summed E-state index contributed by atoms with van der Waals surface area (Å²) in [5.41, 5.74) is 0. The monoisotopic (exact) mass is 523 g/mol. The van der Waals surface area contributed by atoms with Crippen molar-refractivity contribution < 1.29 is 4.74 Å². The second-order valence-electron chi connectivity index (χ2n) is 12.7. The highest BCUT2D eigenvalue weighted by atomic mass is 16.5. The van der Waals surface area contributed by atoms with Crippen molar-refractivity contribution >= 4 is 0 Å². The van der Waals surface area contributed by atoms with Gasteiger partial charge in [-0.05, 0) is 37.5 Å². The lowest BCUT2D eigenvalue weighted by atomic mass is 9.90. The molecule has 37 heavy (non-hydrogen) atoms. The van der Waals surface area contributed by atoms with Crippen LogP contribution in [0.5, 0.6) is 0 Å². The summed E-state index contributed by atoms with van der Waals surface area (Å²) < 4.78 is 7.18. The van der Waals surface area contributed by atoms with Crippen LogP contribution in [0.3, 0.4) is 0 Å². The van der Waals surface area contributed by atoms with Crippen LogP contribution in [-0.2, 0) is 4.74 Å². The molecule has 4 atom stereocenters. The first-order valence-corrected chi connectivity index (χ1v) is 17.8. The van der Waals surface area contributed by atoms with Crippen LogP contribution < -0.4 is 0 Å². The van der Waals surface area contributed by atoms with E-state index >= 15 is 0 Å². The van der Waals surface area contributed by atoms with Crippen LogP contribution in [0.4, 0.5) is 0 Å². The van der Waals surface area contributed by atoms with Crippen molar-refractivity contribution in [2.24, 2.45) is 11.8 Å². The summed E-state index contributed by atoms with van der Waals surface area (Å²) in [5.74, 6) is 1.42. The van der Waals surface area contributed by atoms with Gasteiger partial charge >= 0.3 is 0 Å². The molecule has 0 amide bonds. The van der Waals surface area contributed by atoms with E-state index in [2.05, 4.69) is 41.5 Å². The molecule has 0 radical (unpaired) electrons. The average molecular weight is 523 g/mol. The lowest BCUT2D eigenvalue weighted by molar-refractivity contribution is -0.0745. The normalized spacial score (nSPS) is 15.1. The minimum atomic E-state index is 0.477. The molecular formula is C36H74O. The molecule has 0 aromatic heterocycles. The van der Waals surface area contributed by atoms with E-state index in [1.807, 2.05) is 0 Å². The van der Waals surface area contributed by atoms with E-state index in [1.54, 1.807) is 0 Å². The van der Waals surface area contributed by atoms with Crippen molar-refractivity contribution in [3.8, 4) is 0 Å². The second-order valence-corrected chi connectivity index (χ2v) is 12.7. The molecular weight excluding hydrogens is 448 g/mol. The van der Waals surface area contributed by atoms with Crippen LogP contribution in [0.2, 0.25) is 0 Å². The summed E-state index contributed by atoms with van der Waals surface area (Å²) in [6.07, 6.45) is 36.9. The Morgan fingerprint density at radius 1 is 0.324 bits per heavy atom. The largest absolute Gasteiger partial charge is 0.374 e. The lowest BCUT2D eigenvalue weighted by Gasteiger charge is -2.33. The standard InChI is InChI=1S/C36H74O/c1-7-11-15-19-21-23-27-31-35(33(5)29-25-17-13-9-3)37-36(34(6)30-26-18-14-10-4)32-28-24-22-20-16-12-8-2/h33-36H,7-32H2,1-6H3. The van der Waals surface area contributed by atoms with Gasteiger partial charge in [-0.25, -0.2) is 0 Å². The maximum Gasteiger partial charge on any atom is 0.0604 e. The van der Waals surface area contributed by atoms with Gasteiger partial charge in [0, 0.05) is 0 Å². The Kier molecular flexibility index (Phi) is 28.9. The van der Waals surface area contributed by atoms with E-state index in [1.165, 1.54) is 167 Å². The molecule has 224 valence electrons. The Morgan fingerprint density at radius 2 is 0.568 bits per heavy atom. The number of hydrogen-bond acceptors (Lipinski definition) is 1. The van der Waals surface area contributed by atoms with Crippen molar-refractivity contribution in [1.29, 1.82) is 0 Å². The van der Waals surface area contributed by atoms with Crippen LogP contribution >= 0.6 is 0 Å². The molecule has 0 rings (SSSR count). The highest BCUT2D eigenvalue weighted by Gasteiger charge is 2.25. The van der Waals surface area contributed by atoms with E-state index < -0.39 is 0 Å². The quantitative estimate of drug-likeness (QED) is 0.0852. The van der Waals surface area contributed by atoms with Gasteiger partial charge in [-0.1, -0.05) is 183 Å². The van der Waals surface area contributed by atoms with Crippen molar-refractivity contribution in [2.75, 3.05) is 0 Å². The molecule has 1 heteroatoms. The molecule has 0 N–H and O–H groups in total. The first-order chi connectivity index (χ1) is 18.1. The van der Waals surface area contributed by atoms with Crippen molar-refractivity contribution in [2.45, 2.75) is 221 Å². The third kappa shape index (κ3) is 23.6. The molecule has 0 saturated heterocycles. The molecule has 0 aliphatic rings. The van der Waals surface area contributed by atoms with Crippen molar-refractivity contribution in [1.82, 2.24) is 0 Å². The SMILES string of the molecule is CCCCCCCCCC(OC(CCCCCCCCC)C(C)CCCCCC)C(C)CCCCCC. The Morgan fingerprint density at radius 3 is 0.892 bits per heavy atom. The third-order valence-electron chi connectivity index (χ3n) is 8.83. The molecule has 0 bridgehead atoms. The van der Waals surface area contributed by atoms with Crippen LogP contribution in [0, 0.1) is 11.8 Å². The number of ether oxygens (including phenoxy) is 1. The Labute approximate surface area is 237 Å². The van der Waals surface area contributed by atoms with Gasteiger partial charge in [0.2, 0.25) is 0 Å². The predicted molar refractivity (Wildman–Crippen MR) is 170 cm³/mol. The summed E-state index contributed by atoms with van der Waals surface area (Å²) >= 11 is 0. The maximum absolute atomic E-state index is 7.18. The Hall–Kier alpha value is -0.0400. The molecule has 0 spiro atoms. The first-order valence-electron chi connectivity index (χ1n) is 17.8. The van der Waals surface area contributed by atoms with Crippen LogP contribution in [0.15, 0.2) is 0 Å². The van der Waals surface area contributed by atoms with Gasteiger partial charge in [0.25, 0.3) is 0 Å². The van der Waals surface area contributed by atoms with Crippen molar-refractivity contribution in [3.05, 3.63) is 0 Å². The van der Waals surface area contributed by atoms with Crippen LogP contribution in [0.1, 0.15) is 208 Å². The number of hydrogen-bond donors (Lipinski definition) is 0. The van der Waals surface area contributed by atoms with E-state index in [9.17, 15) is 0 Å². The number of rotatable bonds is 30. The average Bonchev–Trinajstić information content (AvgIpc) is 2.90. The topological polar surface area (TPSA) is 9.23 Å². The zero-order chi connectivity index (χ0) is 27.4. The smallest absolute Gasteiger partial charge is 0.0604 e. The highest BCUT2D eigenvalue weighted by Crippen LogP contribution is 2.29. The van der Waals surface area contributed by atoms with Gasteiger partial charge in [0.05, 0.1) is 12.2 Å². The summed E-state index contributed by atoms with van der Waals surface area (Å²) in [6.45, 7) is 14.3. The van der Waals surface area contributed by atoms with Gasteiger partial charge < -0.3 is 4.74 Å². The molecule has 1 nitrogen and oxygen atoms in total. The zero-order valence-corrected chi connectivity index (χ0v) is 27.1. The fraction of sp³-hybridized carbons (Fsp3) is 1.00. The molecule has 0 aromatic rings. The molecule has 4 unspecified atom stereocenters. The van der Waals surface area contributed by atoms with Crippen LogP contribution in [-0.4, -0.2) is 12.2 Å². The van der Waals surface area contributed by atoms with Crippen molar-refractivity contribution in [3.63, 3.8) is 0 Å². The number of unbranched alkanes of at least 4 members (excludes halogenated alkanes) is 18. The molecule has 0 heterocycles. The molecule has 0 fully saturated rings. The predicted octanol–water partition coefficient (Wildman–Crippen LogP) is 13.2. The zero-order valence-electron chi connectivity index (χ0n) is 27.1. The van der Waals surface area contributed by atoms with Crippen LogP contribution in [0.25, 0.3) is 0 Å². The molecule has 0 saturated carbocycles. The summed E-state index contributed by atoms with van der Waals surface area (Å²) in [5, 5.41) is 0. The first kappa shape index (κ1) is 37.0. The maximum atomic E-state index is 7.18. The minimum absolute atomic E-state index is 0.477. The molecule has 0 aliphatic heterocycles. The Balaban J connectivity index is 4.93. The Bertz CT molecular complexity index is 381. The van der Waals surface area contributed by atoms with E-state index in [0.717, 1.165) is 0 Å². The lowest BCUT2D eigenvalue weighted by Crippen LogP contribution is -2.32. The summed E-state index contributed by atoms with van der Waals surface area (Å²) in [6, 6.07) is 0. The second kappa shape index (κ2) is 29.0. The third-order valence-corrected chi connectivity index (χ3v) is 8.83. The molecule has 0 aromatic carbocycles. The summed E-state index contributed by atoms with van der Waals surface area (Å²) in [7, 11) is 0. The van der Waals surface area contributed by atoms with E-state index in [4.69, 9.17) is 4.74 Å². The van der Waals surface area contributed by atoms with Gasteiger partial charge in [0.15, 0.2) is 0 Å². The van der Waals surface area contributed by atoms with Gasteiger partial charge in [-0.15, -0.1) is 0 Å². The van der Waals surface area contributed by atoms with Gasteiger partial charge in [0.1, 0.15) is 0 Å². The van der Waals surface area contributed by atoms with Gasteiger partial charge in [-0.2, -0.15) is 0 Å². The highest BCUT2D eigenvalue weighted by molar-refractivity contribution is 4.74. The fourth-order valence-electron chi connectivity index (χ4n) is 5.96. The minimum Gasteiger partial charge on any atom is -0.374 e. The van der Waals surface area contributed by atoms with E-state index in [-0.39, 0.29) is 0 Å². The van der Waals surface area contributed by atoms with Gasteiger partial charge in [-0.3, -0.25) is 0 Å².